The van der Waals surface area contributed by atoms with E-state index in [4.69, 9.17) is 23.2 Å². The number of halogens is 2. The van der Waals surface area contributed by atoms with Gasteiger partial charge >= 0.3 is 11.8 Å². The first-order valence-corrected chi connectivity index (χ1v) is 6.73. The largest absolute Gasteiger partial charge is 0.327 e. The van der Waals surface area contributed by atoms with Crippen molar-refractivity contribution in [2.75, 3.05) is 11.4 Å². The molecule has 2 amide bonds. The fraction of sp³-hybridized carbons (Fsp3) is 0.250. The van der Waals surface area contributed by atoms with Crippen LogP contribution in [0.5, 0.6) is 0 Å². The number of carbonyl (C=O) groups is 2. The van der Waals surface area contributed by atoms with Crippen LogP contribution >= 0.6 is 23.2 Å². The van der Waals surface area contributed by atoms with Crippen molar-refractivity contribution in [1.82, 2.24) is 10.4 Å². The third-order valence-corrected chi connectivity index (χ3v) is 3.67. The summed E-state index contributed by atoms with van der Waals surface area (Å²) in [7, 11) is 0. The van der Waals surface area contributed by atoms with E-state index in [0.29, 0.717) is 22.8 Å². The van der Waals surface area contributed by atoms with Crippen molar-refractivity contribution in [2.24, 2.45) is 4.99 Å². The number of aliphatic imine (C=N–C) groups is 1. The minimum atomic E-state index is -0.755. The first-order valence-electron chi connectivity index (χ1n) is 5.97. The Bertz CT molecular complexity index is 646. The van der Waals surface area contributed by atoms with Gasteiger partial charge in [-0.2, -0.15) is 0 Å². The Morgan fingerprint density at radius 3 is 2.75 bits per heavy atom. The number of fused-ring (bicyclic) bond motifs is 3. The molecular formula is C12H10Cl2N4O2. The first kappa shape index (κ1) is 13.4. The van der Waals surface area contributed by atoms with E-state index in [1.54, 1.807) is 25.1 Å². The van der Waals surface area contributed by atoms with Gasteiger partial charge in [0.15, 0.2) is 0 Å². The van der Waals surface area contributed by atoms with Crippen molar-refractivity contribution in [3.63, 3.8) is 0 Å². The third kappa shape index (κ3) is 1.88. The zero-order valence-electron chi connectivity index (χ0n) is 10.4. The molecule has 0 spiro atoms. The standard InChI is InChI=1S/C12H10Cl2N4O2/c1-2-17-10(19)11(20)18-8-4-3-6(13)5-7(8)9(16-17)15-12(18)14/h3-5,9,16H,2H2,1H3. The number of amidine groups is 1. The van der Waals surface area contributed by atoms with E-state index in [-0.39, 0.29) is 5.29 Å². The van der Waals surface area contributed by atoms with Gasteiger partial charge in [0.25, 0.3) is 0 Å². The van der Waals surface area contributed by atoms with Crippen molar-refractivity contribution < 1.29 is 9.59 Å². The molecule has 1 N–H and O–H groups in total. The number of amides is 2. The van der Waals surface area contributed by atoms with Gasteiger partial charge in [-0.25, -0.2) is 15.3 Å². The molecule has 0 radical (unpaired) electrons. The van der Waals surface area contributed by atoms with E-state index in [9.17, 15) is 9.59 Å². The van der Waals surface area contributed by atoms with Crippen molar-refractivity contribution in [1.29, 1.82) is 0 Å². The molecule has 0 saturated carbocycles. The highest BCUT2D eigenvalue weighted by molar-refractivity contribution is 6.72. The first-order chi connectivity index (χ1) is 9.52. The maximum Gasteiger partial charge on any atom is 0.327 e. The zero-order chi connectivity index (χ0) is 14.4. The van der Waals surface area contributed by atoms with E-state index in [1.165, 1.54) is 5.01 Å². The molecule has 1 aromatic carbocycles. The summed E-state index contributed by atoms with van der Waals surface area (Å²) in [5.41, 5.74) is 4.10. The molecule has 20 heavy (non-hydrogen) atoms. The lowest BCUT2D eigenvalue weighted by Gasteiger charge is -2.37. The quantitative estimate of drug-likeness (QED) is 0.633. The van der Waals surface area contributed by atoms with Crippen molar-refractivity contribution >= 4 is 46.0 Å². The number of hydrogen-bond acceptors (Lipinski definition) is 4. The molecule has 1 unspecified atom stereocenters. The van der Waals surface area contributed by atoms with Crippen molar-refractivity contribution in [2.45, 2.75) is 13.1 Å². The molecule has 8 heteroatoms. The maximum atomic E-state index is 12.3. The minimum Gasteiger partial charge on any atom is -0.268 e. The zero-order valence-corrected chi connectivity index (χ0v) is 11.9. The summed E-state index contributed by atoms with van der Waals surface area (Å²) in [6.45, 7) is 2.09. The van der Waals surface area contributed by atoms with Crippen LogP contribution < -0.4 is 10.3 Å². The molecule has 0 saturated heterocycles. The predicted molar refractivity (Wildman–Crippen MR) is 75.5 cm³/mol. The van der Waals surface area contributed by atoms with Crippen LogP contribution in [0, 0.1) is 0 Å². The van der Waals surface area contributed by atoms with Gasteiger partial charge in [0.2, 0.25) is 5.29 Å². The lowest BCUT2D eigenvalue weighted by molar-refractivity contribution is -0.147. The number of nitrogens with zero attached hydrogens (tertiary/aromatic N) is 3. The van der Waals surface area contributed by atoms with Gasteiger partial charge in [0.05, 0.1) is 5.69 Å². The molecule has 1 aromatic rings. The van der Waals surface area contributed by atoms with E-state index in [0.717, 1.165) is 4.90 Å². The molecular weight excluding hydrogens is 303 g/mol. The normalized spacial score (nSPS) is 21.6. The SMILES string of the molecule is CCN1NC2N=C(Cl)N(C(=O)C1=O)c1ccc(Cl)cc12. The van der Waals surface area contributed by atoms with E-state index in [1.807, 2.05) is 0 Å². The second-order valence-corrected chi connectivity index (χ2v) is 5.10. The summed E-state index contributed by atoms with van der Waals surface area (Å²) in [6.07, 6.45) is -0.551. The van der Waals surface area contributed by atoms with Crippen LogP contribution in [0.25, 0.3) is 0 Å². The molecule has 0 aliphatic carbocycles. The molecule has 0 fully saturated rings. The average Bonchev–Trinajstić information content (AvgIpc) is 2.42. The summed E-state index contributed by atoms with van der Waals surface area (Å²) in [6, 6.07) is 4.98. The number of anilines is 1. The van der Waals surface area contributed by atoms with E-state index >= 15 is 0 Å². The molecule has 2 bridgehead atoms. The summed E-state index contributed by atoms with van der Waals surface area (Å²) >= 11 is 12.0. The minimum absolute atomic E-state index is 0.0357. The average molecular weight is 313 g/mol. The van der Waals surface area contributed by atoms with Crippen LogP contribution in [-0.2, 0) is 9.59 Å². The highest BCUT2D eigenvalue weighted by Gasteiger charge is 2.40. The Hall–Kier alpha value is -1.63. The van der Waals surface area contributed by atoms with Gasteiger partial charge in [0.1, 0.15) is 6.17 Å². The Morgan fingerprint density at radius 1 is 1.30 bits per heavy atom. The van der Waals surface area contributed by atoms with Crippen LogP contribution in [0.15, 0.2) is 23.2 Å². The number of rotatable bonds is 1. The van der Waals surface area contributed by atoms with Gasteiger partial charge in [-0.1, -0.05) is 11.6 Å². The van der Waals surface area contributed by atoms with Gasteiger partial charge in [-0.15, -0.1) is 0 Å². The molecule has 3 aliphatic rings. The smallest absolute Gasteiger partial charge is 0.268 e. The van der Waals surface area contributed by atoms with Crippen LogP contribution in [0.1, 0.15) is 18.7 Å². The van der Waals surface area contributed by atoms with E-state index < -0.39 is 18.0 Å². The Morgan fingerprint density at radius 2 is 2.05 bits per heavy atom. The summed E-state index contributed by atoms with van der Waals surface area (Å²) in [5.74, 6) is -1.43. The van der Waals surface area contributed by atoms with Crippen molar-refractivity contribution in [3.8, 4) is 0 Å². The predicted octanol–water partition coefficient (Wildman–Crippen LogP) is 1.65. The number of benzene rings is 1. The second kappa shape index (κ2) is 4.73. The number of likely N-dealkylation sites (N-methyl/N-ethyl adjacent to an activating group) is 1. The van der Waals surface area contributed by atoms with E-state index in [2.05, 4.69) is 10.4 Å². The molecule has 104 valence electrons. The number of nitrogens with one attached hydrogen (secondary N) is 1. The third-order valence-electron chi connectivity index (χ3n) is 3.17. The van der Waals surface area contributed by atoms with Gasteiger partial charge < -0.3 is 0 Å². The van der Waals surface area contributed by atoms with Crippen molar-refractivity contribution in [3.05, 3.63) is 28.8 Å². The molecule has 6 nitrogen and oxygen atoms in total. The number of hydrazine groups is 1. The monoisotopic (exact) mass is 312 g/mol. The summed E-state index contributed by atoms with van der Waals surface area (Å²) in [4.78, 5) is 29.7. The lowest BCUT2D eigenvalue weighted by atomic mass is 10.1. The highest BCUT2D eigenvalue weighted by Crippen LogP contribution is 2.36. The molecule has 1 atom stereocenters. The summed E-state index contributed by atoms with van der Waals surface area (Å²) < 4.78 is 0. The molecule has 3 aliphatic heterocycles. The Kier molecular flexibility index (Phi) is 3.16. The maximum absolute atomic E-state index is 12.3. The lowest BCUT2D eigenvalue weighted by Crippen LogP contribution is -2.57. The Balaban J connectivity index is 2.21. The fourth-order valence-corrected chi connectivity index (χ4v) is 2.67. The molecule has 0 aromatic heterocycles. The van der Waals surface area contributed by atoms with Gasteiger partial charge in [0, 0.05) is 17.1 Å². The number of carbonyl (C=O) groups excluding carboxylic acids is 2. The van der Waals surface area contributed by atoms with Crippen LogP contribution in [0.3, 0.4) is 0 Å². The van der Waals surface area contributed by atoms with Gasteiger partial charge in [-0.05, 0) is 36.7 Å². The van der Waals surface area contributed by atoms with Crippen LogP contribution in [-0.4, -0.2) is 28.7 Å². The molecule has 4 rings (SSSR count). The highest BCUT2D eigenvalue weighted by atomic mass is 35.5. The topological polar surface area (TPSA) is 65.0 Å². The fourth-order valence-electron chi connectivity index (χ4n) is 2.23. The van der Waals surface area contributed by atoms with Gasteiger partial charge in [-0.3, -0.25) is 14.6 Å². The molecule has 3 heterocycles. The Labute approximate surface area is 124 Å². The number of hydrogen-bond donors (Lipinski definition) is 1. The van der Waals surface area contributed by atoms with Crippen LogP contribution in [0.2, 0.25) is 5.02 Å². The van der Waals surface area contributed by atoms with Crippen LogP contribution in [0.4, 0.5) is 5.69 Å². The summed E-state index contributed by atoms with van der Waals surface area (Å²) in [5, 5.41) is 1.70. The second-order valence-electron chi connectivity index (χ2n) is 4.32.